The molecule has 1 aliphatic heterocycles. The number of nitrogens with one attached hydrogen (secondary N) is 1. The van der Waals surface area contributed by atoms with Gasteiger partial charge in [0.2, 0.25) is 0 Å². The van der Waals surface area contributed by atoms with Gasteiger partial charge in [0, 0.05) is 18.7 Å². The standard InChI is InChI=1S/C19H30N2O3/c1-4-17(16-8-6-7-9-18(16)24-5-2)20-19(23)21-12-10-15(11-13-21)14(3)22/h6-9,14-15,17,22H,4-5,10-13H2,1-3H3,(H,20,23). The predicted octanol–water partition coefficient (Wildman–Crippen LogP) is 3.34. The highest BCUT2D eigenvalue weighted by atomic mass is 16.5. The van der Waals surface area contributed by atoms with Crippen molar-refractivity contribution in [3.63, 3.8) is 0 Å². The van der Waals surface area contributed by atoms with Crippen LogP contribution in [0.5, 0.6) is 5.75 Å². The molecule has 1 aromatic carbocycles. The number of carbonyl (C=O) groups excluding carboxylic acids is 1. The number of piperidine rings is 1. The van der Waals surface area contributed by atoms with Crippen molar-refractivity contribution in [3.8, 4) is 5.75 Å². The Morgan fingerprint density at radius 1 is 1.33 bits per heavy atom. The second kappa shape index (κ2) is 8.92. The van der Waals surface area contributed by atoms with Crippen LogP contribution >= 0.6 is 0 Å². The van der Waals surface area contributed by atoms with E-state index in [0.29, 0.717) is 25.6 Å². The molecule has 0 aliphatic carbocycles. The van der Waals surface area contributed by atoms with Crippen LogP contribution in [0, 0.1) is 5.92 Å². The van der Waals surface area contributed by atoms with Crippen molar-refractivity contribution in [2.24, 2.45) is 5.92 Å². The maximum atomic E-state index is 12.6. The van der Waals surface area contributed by atoms with E-state index in [9.17, 15) is 9.90 Å². The number of likely N-dealkylation sites (tertiary alicyclic amines) is 1. The lowest BCUT2D eigenvalue weighted by Crippen LogP contribution is -2.46. The molecule has 5 nitrogen and oxygen atoms in total. The number of rotatable bonds is 6. The van der Waals surface area contributed by atoms with Crippen molar-refractivity contribution < 1.29 is 14.6 Å². The molecule has 5 heteroatoms. The van der Waals surface area contributed by atoms with Gasteiger partial charge in [-0.3, -0.25) is 0 Å². The van der Waals surface area contributed by atoms with E-state index in [1.54, 1.807) is 0 Å². The molecular weight excluding hydrogens is 304 g/mol. The maximum Gasteiger partial charge on any atom is 0.317 e. The number of ether oxygens (including phenoxy) is 1. The Labute approximate surface area is 145 Å². The maximum absolute atomic E-state index is 12.6. The van der Waals surface area contributed by atoms with Crippen LogP contribution in [-0.4, -0.2) is 41.8 Å². The van der Waals surface area contributed by atoms with E-state index >= 15 is 0 Å². The van der Waals surface area contributed by atoms with Gasteiger partial charge in [-0.05, 0) is 45.1 Å². The van der Waals surface area contributed by atoms with Crippen molar-refractivity contribution in [1.29, 1.82) is 0 Å². The minimum atomic E-state index is -0.295. The number of benzene rings is 1. The number of hydrogen-bond donors (Lipinski definition) is 2. The lowest BCUT2D eigenvalue weighted by molar-refractivity contribution is 0.0792. The average molecular weight is 334 g/mol. The summed E-state index contributed by atoms with van der Waals surface area (Å²) >= 11 is 0. The summed E-state index contributed by atoms with van der Waals surface area (Å²) in [4.78, 5) is 14.4. The number of aliphatic hydroxyl groups excluding tert-OH is 1. The summed E-state index contributed by atoms with van der Waals surface area (Å²) in [6, 6.07) is 7.79. The van der Waals surface area contributed by atoms with E-state index in [1.165, 1.54) is 0 Å². The van der Waals surface area contributed by atoms with E-state index in [4.69, 9.17) is 4.74 Å². The summed E-state index contributed by atoms with van der Waals surface area (Å²) in [6.07, 6.45) is 2.23. The molecule has 1 heterocycles. The summed E-state index contributed by atoms with van der Waals surface area (Å²) in [5.41, 5.74) is 1.02. The van der Waals surface area contributed by atoms with Crippen LogP contribution in [0.15, 0.2) is 24.3 Å². The number of para-hydroxylation sites is 1. The van der Waals surface area contributed by atoms with Gasteiger partial charge in [-0.1, -0.05) is 25.1 Å². The fourth-order valence-electron chi connectivity index (χ4n) is 3.28. The van der Waals surface area contributed by atoms with Crippen LogP contribution < -0.4 is 10.1 Å². The van der Waals surface area contributed by atoms with Gasteiger partial charge in [-0.25, -0.2) is 4.79 Å². The third-order valence-electron chi connectivity index (χ3n) is 4.81. The van der Waals surface area contributed by atoms with Crippen molar-refractivity contribution >= 4 is 6.03 Å². The number of urea groups is 1. The first-order valence-electron chi connectivity index (χ1n) is 9.02. The molecule has 1 saturated heterocycles. The molecule has 1 aromatic rings. The van der Waals surface area contributed by atoms with Crippen LogP contribution in [0.1, 0.15) is 51.6 Å². The molecule has 0 bridgehead atoms. The molecule has 0 saturated carbocycles. The van der Waals surface area contributed by atoms with Crippen molar-refractivity contribution in [2.45, 2.75) is 52.2 Å². The van der Waals surface area contributed by atoms with Gasteiger partial charge < -0.3 is 20.1 Å². The van der Waals surface area contributed by atoms with Gasteiger partial charge in [0.25, 0.3) is 0 Å². The molecule has 134 valence electrons. The van der Waals surface area contributed by atoms with Crippen LogP contribution in [0.25, 0.3) is 0 Å². The zero-order valence-electron chi connectivity index (χ0n) is 15.0. The smallest absolute Gasteiger partial charge is 0.317 e. The Morgan fingerprint density at radius 2 is 2.00 bits per heavy atom. The normalized spacial score (nSPS) is 18.1. The molecule has 0 spiro atoms. The third-order valence-corrected chi connectivity index (χ3v) is 4.81. The van der Waals surface area contributed by atoms with Gasteiger partial charge in [0.05, 0.1) is 18.8 Å². The first-order valence-corrected chi connectivity index (χ1v) is 9.02. The molecule has 1 fully saturated rings. The Morgan fingerprint density at radius 3 is 2.58 bits per heavy atom. The van der Waals surface area contributed by atoms with Gasteiger partial charge in [-0.2, -0.15) is 0 Å². The van der Waals surface area contributed by atoms with Crippen molar-refractivity contribution in [3.05, 3.63) is 29.8 Å². The summed E-state index contributed by atoms with van der Waals surface area (Å²) in [5.74, 6) is 1.13. The summed E-state index contributed by atoms with van der Waals surface area (Å²) < 4.78 is 5.69. The molecule has 0 radical (unpaired) electrons. The molecule has 24 heavy (non-hydrogen) atoms. The topological polar surface area (TPSA) is 61.8 Å². The molecule has 2 unspecified atom stereocenters. The molecule has 2 amide bonds. The number of carbonyl (C=O) groups is 1. The first kappa shape index (κ1) is 18.6. The minimum Gasteiger partial charge on any atom is -0.494 e. The second-order valence-corrected chi connectivity index (χ2v) is 6.45. The monoisotopic (exact) mass is 334 g/mol. The van der Waals surface area contributed by atoms with E-state index < -0.39 is 0 Å². The zero-order valence-corrected chi connectivity index (χ0v) is 15.0. The quantitative estimate of drug-likeness (QED) is 0.839. The zero-order chi connectivity index (χ0) is 17.5. The molecule has 2 atom stereocenters. The SMILES string of the molecule is CCOc1ccccc1C(CC)NC(=O)N1CCC(C(C)O)CC1. The van der Waals surface area contributed by atoms with E-state index in [2.05, 4.69) is 12.2 Å². The van der Waals surface area contributed by atoms with E-state index in [0.717, 1.165) is 30.6 Å². The molecule has 1 aliphatic rings. The summed E-state index contributed by atoms with van der Waals surface area (Å²) in [7, 11) is 0. The summed E-state index contributed by atoms with van der Waals surface area (Å²) in [6.45, 7) is 7.86. The van der Waals surface area contributed by atoms with Gasteiger partial charge in [-0.15, -0.1) is 0 Å². The third kappa shape index (κ3) is 4.63. The van der Waals surface area contributed by atoms with Crippen molar-refractivity contribution in [1.82, 2.24) is 10.2 Å². The fourth-order valence-corrected chi connectivity index (χ4v) is 3.28. The Hall–Kier alpha value is -1.75. The Kier molecular flexibility index (Phi) is 6.91. The fraction of sp³-hybridized carbons (Fsp3) is 0.632. The number of aliphatic hydroxyl groups is 1. The average Bonchev–Trinajstić information content (AvgIpc) is 2.60. The predicted molar refractivity (Wildman–Crippen MR) is 95.2 cm³/mol. The lowest BCUT2D eigenvalue weighted by Gasteiger charge is -2.34. The lowest BCUT2D eigenvalue weighted by atomic mass is 9.92. The van der Waals surface area contributed by atoms with E-state index in [1.807, 2.05) is 43.0 Å². The minimum absolute atomic E-state index is 0.0304. The second-order valence-electron chi connectivity index (χ2n) is 6.45. The highest BCUT2D eigenvalue weighted by molar-refractivity contribution is 5.75. The van der Waals surface area contributed by atoms with Crippen LogP contribution in [0.3, 0.4) is 0 Å². The highest BCUT2D eigenvalue weighted by Crippen LogP contribution is 2.28. The molecular formula is C19H30N2O3. The van der Waals surface area contributed by atoms with Gasteiger partial charge in [0.1, 0.15) is 5.75 Å². The largest absolute Gasteiger partial charge is 0.494 e. The van der Waals surface area contributed by atoms with Crippen LogP contribution in [0.4, 0.5) is 4.79 Å². The molecule has 2 N–H and O–H groups in total. The molecule has 2 rings (SSSR count). The Balaban J connectivity index is 1.99. The highest BCUT2D eigenvalue weighted by Gasteiger charge is 2.27. The molecule has 0 aromatic heterocycles. The van der Waals surface area contributed by atoms with Gasteiger partial charge in [0.15, 0.2) is 0 Å². The summed E-state index contributed by atoms with van der Waals surface area (Å²) in [5, 5.41) is 12.8. The van der Waals surface area contributed by atoms with Crippen LogP contribution in [-0.2, 0) is 0 Å². The number of nitrogens with zero attached hydrogens (tertiary/aromatic N) is 1. The van der Waals surface area contributed by atoms with E-state index in [-0.39, 0.29) is 18.2 Å². The number of amides is 2. The first-order chi connectivity index (χ1) is 11.6. The Bertz CT molecular complexity index is 525. The van der Waals surface area contributed by atoms with Crippen LogP contribution in [0.2, 0.25) is 0 Å². The van der Waals surface area contributed by atoms with Gasteiger partial charge >= 0.3 is 6.03 Å². The number of hydrogen-bond acceptors (Lipinski definition) is 3. The van der Waals surface area contributed by atoms with Crippen molar-refractivity contribution in [2.75, 3.05) is 19.7 Å².